The summed E-state index contributed by atoms with van der Waals surface area (Å²) in [5.74, 6) is 0.529. The molecule has 0 atom stereocenters. The molecule has 1 aliphatic rings. The SMILES string of the molecule is Cn1c(N2CCN(C(=O)c3ccc(Cl)cc3)CC2)cc(=O)n(C)c1=O. The molecule has 0 N–H and O–H groups in total. The monoisotopic (exact) mass is 362 g/mol. The molecule has 1 aromatic heterocycles. The Morgan fingerprint density at radius 3 is 2.16 bits per heavy atom. The Morgan fingerprint density at radius 2 is 1.56 bits per heavy atom. The molecule has 0 aliphatic carbocycles. The summed E-state index contributed by atoms with van der Waals surface area (Å²) in [5, 5.41) is 0.591. The van der Waals surface area contributed by atoms with E-state index in [1.807, 2.05) is 4.90 Å². The fourth-order valence-electron chi connectivity index (χ4n) is 2.94. The van der Waals surface area contributed by atoms with Gasteiger partial charge in [0, 0.05) is 56.9 Å². The van der Waals surface area contributed by atoms with Crippen LogP contribution in [0.4, 0.5) is 5.82 Å². The number of halogens is 1. The summed E-state index contributed by atoms with van der Waals surface area (Å²) >= 11 is 5.85. The topological polar surface area (TPSA) is 67.5 Å². The molecule has 3 rings (SSSR count). The van der Waals surface area contributed by atoms with Crippen molar-refractivity contribution in [1.29, 1.82) is 0 Å². The average Bonchev–Trinajstić information content (AvgIpc) is 2.63. The van der Waals surface area contributed by atoms with Gasteiger partial charge in [-0.2, -0.15) is 0 Å². The maximum atomic E-state index is 12.5. The molecule has 0 spiro atoms. The molecule has 1 aromatic carbocycles. The lowest BCUT2D eigenvalue weighted by Gasteiger charge is -2.36. The van der Waals surface area contributed by atoms with Gasteiger partial charge in [0.05, 0.1) is 0 Å². The number of rotatable bonds is 2. The van der Waals surface area contributed by atoms with Gasteiger partial charge in [-0.05, 0) is 24.3 Å². The number of nitrogens with zero attached hydrogens (tertiary/aromatic N) is 4. The van der Waals surface area contributed by atoms with Crippen molar-refractivity contribution >= 4 is 23.3 Å². The van der Waals surface area contributed by atoms with Gasteiger partial charge >= 0.3 is 5.69 Å². The number of carbonyl (C=O) groups excluding carboxylic acids is 1. The summed E-state index contributed by atoms with van der Waals surface area (Å²) in [7, 11) is 3.10. The van der Waals surface area contributed by atoms with E-state index in [1.54, 1.807) is 36.2 Å². The zero-order valence-electron chi connectivity index (χ0n) is 14.1. The second-order valence-corrected chi connectivity index (χ2v) is 6.46. The molecule has 0 bridgehead atoms. The second-order valence-electron chi connectivity index (χ2n) is 6.03. The number of hydrogen-bond acceptors (Lipinski definition) is 4. The summed E-state index contributed by atoms with van der Waals surface area (Å²) in [6, 6.07) is 8.27. The van der Waals surface area contributed by atoms with Crippen LogP contribution in [-0.2, 0) is 14.1 Å². The van der Waals surface area contributed by atoms with Crippen LogP contribution in [0.25, 0.3) is 0 Å². The minimum atomic E-state index is -0.359. The third-order valence-corrected chi connectivity index (χ3v) is 4.73. The van der Waals surface area contributed by atoms with Gasteiger partial charge in [0.1, 0.15) is 5.82 Å². The molecule has 2 aromatic rings. The zero-order chi connectivity index (χ0) is 18.1. The van der Waals surface area contributed by atoms with Crippen LogP contribution in [0.3, 0.4) is 0 Å². The van der Waals surface area contributed by atoms with Gasteiger partial charge in [-0.3, -0.25) is 18.7 Å². The molecule has 0 radical (unpaired) electrons. The number of anilines is 1. The van der Waals surface area contributed by atoms with Crippen molar-refractivity contribution in [2.24, 2.45) is 14.1 Å². The summed E-state index contributed by atoms with van der Waals surface area (Å²) in [5.41, 5.74) is -0.0984. The third-order valence-electron chi connectivity index (χ3n) is 4.48. The Bertz CT molecular complexity index is 909. The largest absolute Gasteiger partial charge is 0.354 e. The van der Waals surface area contributed by atoms with Crippen molar-refractivity contribution in [3.63, 3.8) is 0 Å². The van der Waals surface area contributed by atoms with Gasteiger partial charge in [0.25, 0.3) is 11.5 Å². The van der Waals surface area contributed by atoms with Crippen molar-refractivity contribution in [1.82, 2.24) is 14.0 Å². The smallest absolute Gasteiger partial charge is 0.332 e. The highest BCUT2D eigenvalue weighted by Crippen LogP contribution is 2.16. The first-order valence-corrected chi connectivity index (χ1v) is 8.33. The molecular weight excluding hydrogens is 344 g/mol. The first kappa shape index (κ1) is 17.3. The van der Waals surface area contributed by atoms with E-state index in [9.17, 15) is 14.4 Å². The fourth-order valence-corrected chi connectivity index (χ4v) is 3.06. The minimum absolute atomic E-state index is 0.0471. The Hall–Kier alpha value is -2.54. The molecule has 0 saturated carbocycles. The van der Waals surface area contributed by atoms with Crippen LogP contribution in [0.1, 0.15) is 10.4 Å². The lowest BCUT2D eigenvalue weighted by atomic mass is 10.2. The number of carbonyl (C=O) groups is 1. The molecular formula is C17H19ClN4O3. The van der Waals surface area contributed by atoms with Gasteiger partial charge < -0.3 is 9.80 Å². The number of piperazine rings is 1. The van der Waals surface area contributed by atoms with E-state index in [0.29, 0.717) is 42.6 Å². The van der Waals surface area contributed by atoms with Gasteiger partial charge in [0.2, 0.25) is 0 Å². The minimum Gasteiger partial charge on any atom is -0.354 e. The molecule has 1 amide bonds. The molecule has 8 heteroatoms. The molecule has 7 nitrogen and oxygen atoms in total. The van der Waals surface area contributed by atoms with Crippen LogP contribution in [0.2, 0.25) is 5.02 Å². The Balaban J connectivity index is 1.74. The van der Waals surface area contributed by atoms with Crippen LogP contribution in [0.5, 0.6) is 0 Å². The Labute approximate surface area is 149 Å². The highest BCUT2D eigenvalue weighted by molar-refractivity contribution is 6.30. The highest BCUT2D eigenvalue weighted by atomic mass is 35.5. The van der Waals surface area contributed by atoms with Crippen molar-refractivity contribution in [2.45, 2.75) is 0 Å². The van der Waals surface area contributed by atoms with Crippen molar-refractivity contribution in [3.8, 4) is 0 Å². The van der Waals surface area contributed by atoms with Crippen LogP contribution in [0, 0.1) is 0 Å². The molecule has 1 saturated heterocycles. The first-order chi connectivity index (χ1) is 11.9. The van der Waals surface area contributed by atoms with E-state index >= 15 is 0 Å². The van der Waals surface area contributed by atoms with Crippen molar-refractivity contribution in [2.75, 3.05) is 31.1 Å². The molecule has 25 heavy (non-hydrogen) atoms. The summed E-state index contributed by atoms with van der Waals surface area (Å²) in [6.07, 6.45) is 0. The molecule has 1 aliphatic heterocycles. The van der Waals surface area contributed by atoms with Crippen LogP contribution in [0.15, 0.2) is 39.9 Å². The van der Waals surface area contributed by atoms with Gasteiger partial charge in [0.15, 0.2) is 0 Å². The van der Waals surface area contributed by atoms with Crippen LogP contribution >= 0.6 is 11.6 Å². The zero-order valence-corrected chi connectivity index (χ0v) is 14.9. The maximum Gasteiger partial charge on any atom is 0.332 e. The molecule has 132 valence electrons. The van der Waals surface area contributed by atoms with Gasteiger partial charge in [-0.1, -0.05) is 11.6 Å². The molecule has 2 heterocycles. The van der Waals surface area contributed by atoms with E-state index in [-0.39, 0.29) is 17.2 Å². The second kappa shape index (κ2) is 6.76. The van der Waals surface area contributed by atoms with E-state index in [2.05, 4.69) is 0 Å². The third kappa shape index (κ3) is 3.32. The molecule has 0 unspecified atom stereocenters. The number of benzene rings is 1. The van der Waals surface area contributed by atoms with Crippen molar-refractivity contribution < 1.29 is 4.79 Å². The predicted molar refractivity (Wildman–Crippen MR) is 96.5 cm³/mol. The Morgan fingerprint density at radius 1 is 0.960 bits per heavy atom. The summed E-state index contributed by atoms with van der Waals surface area (Å²) in [4.78, 5) is 40.2. The highest BCUT2D eigenvalue weighted by Gasteiger charge is 2.24. The van der Waals surface area contributed by atoms with E-state index < -0.39 is 0 Å². The predicted octanol–water partition coefficient (Wildman–Crippen LogP) is 0.700. The van der Waals surface area contributed by atoms with E-state index in [1.165, 1.54) is 17.7 Å². The Kier molecular flexibility index (Phi) is 4.67. The summed E-state index contributed by atoms with van der Waals surface area (Å²) < 4.78 is 2.53. The normalized spacial score (nSPS) is 14.7. The number of hydrogen-bond donors (Lipinski definition) is 0. The quantitative estimate of drug-likeness (QED) is 0.788. The first-order valence-electron chi connectivity index (χ1n) is 7.95. The lowest BCUT2D eigenvalue weighted by molar-refractivity contribution is 0.0746. The van der Waals surface area contributed by atoms with Crippen molar-refractivity contribution in [3.05, 3.63) is 61.8 Å². The van der Waals surface area contributed by atoms with Crippen LogP contribution < -0.4 is 16.1 Å². The summed E-state index contributed by atoms with van der Waals surface area (Å²) in [6.45, 7) is 2.15. The van der Waals surface area contributed by atoms with Crippen LogP contribution in [-0.4, -0.2) is 46.1 Å². The number of aromatic nitrogens is 2. The van der Waals surface area contributed by atoms with Gasteiger partial charge in [-0.15, -0.1) is 0 Å². The standard InChI is InChI=1S/C17H19ClN4O3/c1-19-14(11-15(23)20(2)17(19)25)21-7-9-22(10-8-21)16(24)12-3-5-13(18)6-4-12/h3-6,11H,7-10H2,1-2H3. The fraction of sp³-hybridized carbons (Fsp3) is 0.353. The van der Waals surface area contributed by atoms with E-state index in [0.717, 1.165) is 4.57 Å². The lowest BCUT2D eigenvalue weighted by Crippen LogP contribution is -2.51. The maximum absolute atomic E-state index is 12.5. The van der Waals surface area contributed by atoms with Gasteiger partial charge in [-0.25, -0.2) is 4.79 Å². The molecule has 1 fully saturated rings. The average molecular weight is 363 g/mol. The number of amides is 1. The van der Waals surface area contributed by atoms with E-state index in [4.69, 9.17) is 11.6 Å².